The lowest BCUT2D eigenvalue weighted by Crippen LogP contribution is -2.11. The van der Waals surface area contributed by atoms with E-state index in [0.29, 0.717) is 5.69 Å². The Balaban J connectivity index is 2.64. The largest absolute Gasteiger partial charge is 0.476 e. The van der Waals surface area contributed by atoms with Gasteiger partial charge >= 0.3 is 11.9 Å². The fraction of sp³-hybridized carbons (Fsp3) is 0. The molecular formula is C11H8N2O4. The number of aromatic nitrogens is 2. The van der Waals surface area contributed by atoms with Crippen molar-refractivity contribution in [3.05, 3.63) is 48.0 Å². The first-order chi connectivity index (χ1) is 8.11. The topological polar surface area (TPSA) is 92.4 Å². The molecule has 0 fully saturated rings. The van der Waals surface area contributed by atoms with E-state index >= 15 is 0 Å². The highest BCUT2D eigenvalue weighted by atomic mass is 16.4. The van der Waals surface area contributed by atoms with E-state index in [-0.39, 0.29) is 5.69 Å². The molecule has 0 atom stereocenters. The molecule has 1 aromatic heterocycles. The molecule has 0 amide bonds. The third kappa shape index (κ3) is 1.87. The number of hydrogen-bond acceptors (Lipinski definition) is 3. The van der Waals surface area contributed by atoms with Crippen LogP contribution in [0.3, 0.4) is 0 Å². The molecule has 0 bridgehead atoms. The monoisotopic (exact) mass is 232 g/mol. The molecule has 6 heteroatoms. The first-order valence-electron chi connectivity index (χ1n) is 4.70. The summed E-state index contributed by atoms with van der Waals surface area (Å²) in [5.41, 5.74) is -0.282. The summed E-state index contributed by atoms with van der Waals surface area (Å²) < 4.78 is 1.23. The van der Waals surface area contributed by atoms with Gasteiger partial charge in [-0.3, -0.25) is 4.57 Å². The predicted molar refractivity (Wildman–Crippen MR) is 57.5 cm³/mol. The number of benzene rings is 1. The van der Waals surface area contributed by atoms with Crippen LogP contribution in [0.4, 0.5) is 0 Å². The van der Waals surface area contributed by atoms with E-state index < -0.39 is 17.6 Å². The summed E-state index contributed by atoms with van der Waals surface area (Å²) in [6, 6.07) is 8.56. The molecule has 0 unspecified atom stereocenters. The van der Waals surface area contributed by atoms with Gasteiger partial charge in [0.25, 0.3) is 0 Å². The van der Waals surface area contributed by atoms with Gasteiger partial charge in [0.2, 0.25) is 0 Å². The molecule has 1 aromatic carbocycles. The highest BCUT2D eigenvalue weighted by molar-refractivity contribution is 5.99. The molecule has 0 aliphatic carbocycles. The second-order valence-corrected chi connectivity index (χ2v) is 3.26. The number of hydrogen-bond donors (Lipinski definition) is 2. The van der Waals surface area contributed by atoms with Crippen LogP contribution in [0.5, 0.6) is 0 Å². The van der Waals surface area contributed by atoms with E-state index in [1.165, 1.54) is 10.9 Å². The summed E-state index contributed by atoms with van der Waals surface area (Å²) in [4.78, 5) is 25.5. The van der Waals surface area contributed by atoms with Gasteiger partial charge in [0.15, 0.2) is 11.4 Å². The standard InChI is InChI=1S/C11H8N2O4/c14-10(15)8-9(11(16)17)13(6-12-8)7-4-2-1-3-5-7/h1-6H,(H,14,15)(H,16,17). The average Bonchev–Trinajstić information content (AvgIpc) is 2.74. The lowest BCUT2D eigenvalue weighted by atomic mass is 10.2. The van der Waals surface area contributed by atoms with E-state index in [1.54, 1.807) is 30.3 Å². The van der Waals surface area contributed by atoms with Crippen LogP contribution in [0.25, 0.3) is 5.69 Å². The molecule has 0 radical (unpaired) electrons. The maximum atomic E-state index is 11.1. The number of nitrogens with zero attached hydrogens (tertiary/aromatic N) is 2. The molecular weight excluding hydrogens is 224 g/mol. The summed E-state index contributed by atoms with van der Waals surface area (Å²) in [5.74, 6) is -2.69. The fourth-order valence-corrected chi connectivity index (χ4v) is 1.49. The summed E-state index contributed by atoms with van der Waals surface area (Å²) >= 11 is 0. The molecule has 6 nitrogen and oxygen atoms in total. The summed E-state index contributed by atoms with van der Waals surface area (Å²) in [6.07, 6.45) is 1.18. The molecule has 86 valence electrons. The Bertz CT molecular complexity index is 574. The van der Waals surface area contributed by atoms with E-state index in [4.69, 9.17) is 10.2 Å². The molecule has 0 saturated heterocycles. The zero-order chi connectivity index (χ0) is 12.4. The number of carbonyl (C=O) groups is 2. The smallest absolute Gasteiger partial charge is 0.357 e. The van der Waals surface area contributed by atoms with Crippen molar-refractivity contribution in [2.45, 2.75) is 0 Å². The van der Waals surface area contributed by atoms with Crippen molar-refractivity contribution in [1.82, 2.24) is 9.55 Å². The second-order valence-electron chi connectivity index (χ2n) is 3.26. The van der Waals surface area contributed by atoms with E-state index in [1.807, 2.05) is 0 Å². The second kappa shape index (κ2) is 4.09. The van der Waals surface area contributed by atoms with Crippen LogP contribution < -0.4 is 0 Å². The number of carboxylic acid groups (broad SMARTS) is 2. The minimum atomic E-state index is -1.36. The molecule has 1 heterocycles. The SMILES string of the molecule is O=C(O)c1ncn(-c2ccccc2)c1C(=O)O. The normalized spacial score (nSPS) is 10.1. The quantitative estimate of drug-likeness (QED) is 0.831. The van der Waals surface area contributed by atoms with Gasteiger partial charge in [0, 0.05) is 5.69 Å². The summed E-state index contributed by atoms with van der Waals surface area (Å²) in [6.45, 7) is 0. The molecule has 0 spiro atoms. The zero-order valence-corrected chi connectivity index (χ0v) is 8.57. The van der Waals surface area contributed by atoms with Crippen LogP contribution in [-0.4, -0.2) is 31.7 Å². The molecule has 2 N–H and O–H groups in total. The molecule has 0 aliphatic rings. The van der Waals surface area contributed by atoms with Crippen molar-refractivity contribution < 1.29 is 19.8 Å². The number of carboxylic acids is 2. The number of aromatic carboxylic acids is 2. The third-order valence-electron chi connectivity index (χ3n) is 2.21. The van der Waals surface area contributed by atoms with Crippen LogP contribution in [0, 0.1) is 0 Å². The minimum Gasteiger partial charge on any atom is -0.476 e. The summed E-state index contributed by atoms with van der Waals surface area (Å²) in [5, 5.41) is 17.9. The Hall–Kier alpha value is -2.63. The van der Waals surface area contributed by atoms with Crippen molar-refractivity contribution in [3.8, 4) is 5.69 Å². The molecule has 17 heavy (non-hydrogen) atoms. The van der Waals surface area contributed by atoms with E-state index in [0.717, 1.165) is 0 Å². The number of rotatable bonds is 3. The third-order valence-corrected chi connectivity index (χ3v) is 2.21. The Morgan fingerprint density at radius 2 is 1.71 bits per heavy atom. The van der Waals surface area contributed by atoms with Gasteiger partial charge in [-0.25, -0.2) is 14.6 Å². The molecule has 0 aliphatic heterocycles. The van der Waals surface area contributed by atoms with Crippen molar-refractivity contribution in [2.24, 2.45) is 0 Å². The van der Waals surface area contributed by atoms with E-state index in [9.17, 15) is 9.59 Å². The van der Waals surface area contributed by atoms with Gasteiger partial charge < -0.3 is 10.2 Å². The van der Waals surface area contributed by atoms with Crippen LogP contribution >= 0.6 is 0 Å². The van der Waals surface area contributed by atoms with E-state index in [2.05, 4.69) is 4.98 Å². The van der Waals surface area contributed by atoms with Crippen LogP contribution in [0.1, 0.15) is 21.0 Å². The first-order valence-corrected chi connectivity index (χ1v) is 4.70. The molecule has 2 rings (SSSR count). The average molecular weight is 232 g/mol. The number of imidazole rings is 1. The molecule has 2 aromatic rings. The first kappa shape index (κ1) is 10.9. The lowest BCUT2D eigenvalue weighted by Gasteiger charge is -2.04. The predicted octanol–water partition coefficient (Wildman–Crippen LogP) is 1.27. The van der Waals surface area contributed by atoms with Gasteiger partial charge in [0.1, 0.15) is 6.33 Å². The van der Waals surface area contributed by atoms with Crippen LogP contribution in [0.2, 0.25) is 0 Å². The summed E-state index contributed by atoms with van der Waals surface area (Å²) in [7, 11) is 0. The Labute approximate surface area is 95.8 Å². The maximum absolute atomic E-state index is 11.1. The van der Waals surface area contributed by atoms with Crippen LogP contribution in [0.15, 0.2) is 36.7 Å². The highest BCUT2D eigenvalue weighted by Crippen LogP contribution is 2.14. The van der Waals surface area contributed by atoms with Crippen LogP contribution in [-0.2, 0) is 0 Å². The zero-order valence-electron chi connectivity index (χ0n) is 8.57. The fourth-order valence-electron chi connectivity index (χ4n) is 1.49. The number of para-hydroxylation sites is 1. The van der Waals surface area contributed by atoms with Gasteiger partial charge in [-0.2, -0.15) is 0 Å². The van der Waals surface area contributed by atoms with Crippen molar-refractivity contribution in [1.29, 1.82) is 0 Å². The van der Waals surface area contributed by atoms with Crippen molar-refractivity contribution >= 4 is 11.9 Å². The van der Waals surface area contributed by atoms with Gasteiger partial charge in [0.05, 0.1) is 0 Å². The van der Waals surface area contributed by atoms with Gasteiger partial charge in [-0.1, -0.05) is 18.2 Å². The Morgan fingerprint density at radius 1 is 1.06 bits per heavy atom. The minimum absolute atomic E-state index is 0.358. The highest BCUT2D eigenvalue weighted by Gasteiger charge is 2.23. The van der Waals surface area contributed by atoms with Crippen molar-refractivity contribution in [2.75, 3.05) is 0 Å². The van der Waals surface area contributed by atoms with Crippen molar-refractivity contribution in [3.63, 3.8) is 0 Å². The lowest BCUT2D eigenvalue weighted by molar-refractivity contribution is 0.0642. The van der Waals surface area contributed by atoms with Gasteiger partial charge in [-0.05, 0) is 12.1 Å². The Kier molecular flexibility index (Phi) is 2.61. The van der Waals surface area contributed by atoms with Gasteiger partial charge in [-0.15, -0.1) is 0 Å². The maximum Gasteiger partial charge on any atom is 0.357 e. The Morgan fingerprint density at radius 3 is 2.24 bits per heavy atom. The molecule has 0 saturated carbocycles.